The highest BCUT2D eigenvalue weighted by atomic mass is 79.9. The van der Waals surface area contributed by atoms with Gasteiger partial charge in [0.25, 0.3) is 0 Å². The molecule has 2 heteroatoms. The number of nitrogens with one attached hydrogen (secondary N) is 1. The van der Waals surface area contributed by atoms with E-state index in [0.29, 0.717) is 6.04 Å². The van der Waals surface area contributed by atoms with E-state index in [4.69, 9.17) is 0 Å². The fourth-order valence-corrected chi connectivity index (χ4v) is 2.31. The minimum atomic E-state index is 0.528. The smallest absolute Gasteiger partial charge is 0.0348 e. The molecule has 0 aliphatic heterocycles. The van der Waals surface area contributed by atoms with Crippen LogP contribution in [-0.2, 0) is 0 Å². The van der Waals surface area contributed by atoms with Crippen LogP contribution >= 0.6 is 15.9 Å². The van der Waals surface area contributed by atoms with Crippen molar-refractivity contribution in [2.45, 2.75) is 47.1 Å². The van der Waals surface area contributed by atoms with Crippen molar-refractivity contribution < 1.29 is 0 Å². The summed E-state index contributed by atoms with van der Waals surface area (Å²) >= 11 is 3.59. The molecule has 0 aliphatic rings. The third-order valence-electron chi connectivity index (χ3n) is 2.67. The van der Waals surface area contributed by atoms with Crippen LogP contribution in [0.2, 0.25) is 0 Å². The highest BCUT2D eigenvalue weighted by molar-refractivity contribution is 9.10. The summed E-state index contributed by atoms with van der Waals surface area (Å²) in [6, 6.07) is 4.93. The molecule has 1 N–H and O–H groups in total. The molecule has 1 aromatic rings. The Hall–Kier alpha value is -0.500. The molecule has 0 amide bonds. The van der Waals surface area contributed by atoms with Crippen molar-refractivity contribution in [1.82, 2.24) is 0 Å². The van der Waals surface area contributed by atoms with E-state index in [1.807, 2.05) is 0 Å². The normalized spacial score (nSPS) is 12.9. The molecule has 0 spiro atoms. The molecule has 0 aliphatic carbocycles. The molecule has 0 saturated heterocycles. The van der Waals surface area contributed by atoms with E-state index in [1.54, 1.807) is 0 Å². The van der Waals surface area contributed by atoms with Crippen molar-refractivity contribution in [3.8, 4) is 0 Å². The van der Waals surface area contributed by atoms with Crippen LogP contribution in [-0.4, -0.2) is 6.04 Å². The fourth-order valence-electron chi connectivity index (χ4n) is 2.08. The van der Waals surface area contributed by atoms with Crippen LogP contribution in [0.5, 0.6) is 0 Å². The maximum atomic E-state index is 3.59. The highest BCUT2D eigenvalue weighted by Crippen LogP contribution is 2.25. The summed E-state index contributed by atoms with van der Waals surface area (Å²) in [6.07, 6.45) is 1.20. The third-order valence-corrected chi connectivity index (χ3v) is 3.93. The molecular formula is C14H22BrN. The van der Waals surface area contributed by atoms with E-state index < -0.39 is 0 Å². The van der Waals surface area contributed by atoms with Gasteiger partial charge in [0.1, 0.15) is 0 Å². The molecule has 0 aromatic heterocycles. The molecule has 0 fully saturated rings. The lowest BCUT2D eigenvalue weighted by Gasteiger charge is -2.18. The molecule has 1 atom stereocenters. The molecule has 90 valence electrons. The molecule has 0 heterocycles. The van der Waals surface area contributed by atoms with Crippen LogP contribution in [0.25, 0.3) is 0 Å². The Kier molecular flexibility index (Phi) is 4.85. The Bertz CT molecular complexity index is 335. The van der Waals surface area contributed by atoms with Crippen LogP contribution in [0.3, 0.4) is 0 Å². The number of rotatable bonds is 4. The van der Waals surface area contributed by atoms with Gasteiger partial charge in [-0.25, -0.2) is 0 Å². The van der Waals surface area contributed by atoms with Gasteiger partial charge in [-0.15, -0.1) is 0 Å². The SMILES string of the molecule is Cc1cc(NC(C)CC(C)C)cc(C)c1Br. The summed E-state index contributed by atoms with van der Waals surface area (Å²) < 4.78 is 1.22. The summed E-state index contributed by atoms with van der Waals surface area (Å²) in [5.74, 6) is 0.736. The number of aryl methyl sites for hydroxylation is 2. The summed E-state index contributed by atoms with van der Waals surface area (Å²) in [5, 5.41) is 3.56. The lowest BCUT2D eigenvalue weighted by Crippen LogP contribution is -2.17. The van der Waals surface area contributed by atoms with Crippen molar-refractivity contribution in [2.24, 2.45) is 5.92 Å². The minimum Gasteiger partial charge on any atom is -0.383 e. The molecule has 1 aromatic carbocycles. The first-order chi connectivity index (χ1) is 7.40. The molecule has 0 saturated carbocycles. The molecule has 1 nitrogen and oxygen atoms in total. The first kappa shape index (κ1) is 13.6. The van der Waals surface area contributed by atoms with Crippen molar-refractivity contribution in [2.75, 3.05) is 5.32 Å². The zero-order valence-electron chi connectivity index (χ0n) is 10.9. The van der Waals surface area contributed by atoms with Gasteiger partial charge >= 0.3 is 0 Å². The topological polar surface area (TPSA) is 12.0 Å². The van der Waals surface area contributed by atoms with Gasteiger partial charge in [0.15, 0.2) is 0 Å². The van der Waals surface area contributed by atoms with Crippen LogP contribution in [0.15, 0.2) is 16.6 Å². The van der Waals surface area contributed by atoms with Crippen LogP contribution in [0, 0.1) is 19.8 Å². The van der Waals surface area contributed by atoms with Crippen molar-refractivity contribution >= 4 is 21.6 Å². The van der Waals surface area contributed by atoms with Gasteiger partial charge < -0.3 is 5.32 Å². The van der Waals surface area contributed by atoms with Crippen molar-refractivity contribution in [3.05, 3.63) is 27.7 Å². The molecule has 0 bridgehead atoms. The van der Waals surface area contributed by atoms with Crippen molar-refractivity contribution in [3.63, 3.8) is 0 Å². The Morgan fingerprint density at radius 1 is 1.12 bits per heavy atom. The van der Waals surface area contributed by atoms with E-state index in [1.165, 1.54) is 27.7 Å². The lowest BCUT2D eigenvalue weighted by molar-refractivity contribution is 0.540. The largest absolute Gasteiger partial charge is 0.383 e. The van der Waals surface area contributed by atoms with E-state index in [9.17, 15) is 0 Å². The number of benzene rings is 1. The van der Waals surface area contributed by atoms with E-state index >= 15 is 0 Å². The molecular weight excluding hydrogens is 262 g/mol. The predicted octanol–water partition coefficient (Wildman–Crippen LogP) is 4.91. The second-order valence-corrected chi connectivity index (χ2v) is 5.89. The lowest BCUT2D eigenvalue weighted by atomic mass is 10.0. The van der Waals surface area contributed by atoms with E-state index in [-0.39, 0.29) is 0 Å². The number of hydrogen-bond donors (Lipinski definition) is 1. The Labute approximate surface area is 108 Å². The number of halogens is 1. The zero-order chi connectivity index (χ0) is 12.3. The Morgan fingerprint density at radius 3 is 2.06 bits per heavy atom. The second-order valence-electron chi connectivity index (χ2n) is 5.10. The maximum absolute atomic E-state index is 3.59. The highest BCUT2D eigenvalue weighted by Gasteiger charge is 2.07. The standard InChI is InChI=1S/C14H22BrN/c1-9(2)6-12(5)16-13-7-10(3)14(15)11(4)8-13/h7-9,12,16H,6H2,1-5H3. The van der Waals surface area contributed by atoms with Crippen molar-refractivity contribution in [1.29, 1.82) is 0 Å². The Balaban J connectivity index is 2.74. The average molecular weight is 284 g/mol. The fraction of sp³-hybridized carbons (Fsp3) is 0.571. The van der Waals surface area contributed by atoms with Gasteiger partial charge in [0, 0.05) is 16.2 Å². The summed E-state index contributed by atoms with van der Waals surface area (Å²) in [7, 11) is 0. The number of anilines is 1. The van der Waals surface area contributed by atoms with Crippen LogP contribution in [0.4, 0.5) is 5.69 Å². The van der Waals surface area contributed by atoms with Gasteiger partial charge in [-0.2, -0.15) is 0 Å². The van der Waals surface area contributed by atoms with E-state index in [0.717, 1.165) is 5.92 Å². The second kappa shape index (κ2) is 5.72. The van der Waals surface area contributed by atoms with Gasteiger partial charge in [-0.1, -0.05) is 29.8 Å². The molecule has 16 heavy (non-hydrogen) atoms. The average Bonchev–Trinajstić information content (AvgIpc) is 2.12. The first-order valence-corrected chi connectivity index (χ1v) is 6.72. The molecule has 1 unspecified atom stereocenters. The predicted molar refractivity (Wildman–Crippen MR) is 76.2 cm³/mol. The van der Waals surface area contributed by atoms with Gasteiger partial charge in [-0.05, 0) is 56.4 Å². The van der Waals surface area contributed by atoms with Crippen LogP contribution < -0.4 is 5.32 Å². The summed E-state index contributed by atoms with van der Waals surface area (Å²) in [4.78, 5) is 0. The Morgan fingerprint density at radius 2 is 1.62 bits per heavy atom. The number of hydrogen-bond acceptors (Lipinski definition) is 1. The van der Waals surface area contributed by atoms with E-state index in [2.05, 4.69) is 68.0 Å². The third kappa shape index (κ3) is 3.82. The molecule has 0 radical (unpaired) electrons. The molecule has 1 rings (SSSR count). The summed E-state index contributed by atoms with van der Waals surface area (Å²) in [5.41, 5.74) is 3.81. The minimum absolute atomic E-state index is 0.528. The van der Waals surface area contributed by atoms with Gasteiger partial charge in [-0.3, -0.25) is 0 Å². The maximum Gasteiger partial charge on any atom is 0.0348 e. The van der Waals surface area contributed by atoms with Crippen LogP contribution in [0.1, 0.15) is 38.3 Å². The zero-order valence-corrected chi connectivity index (χ0v) is 12.5. The monoisotopic (exact) mass is 283 g/mol. The van der Waals surface area contributed by atoms with Gasteiger partial charge in [0.05, 0.1) is 0 Å². The summed E-state index contributed by atoms with van der Waals surface area (Å²) in [6.45, 7) is 11.0. The first-order valence-electron chi connectivity index (χ1n) is 5.93. The quantitative estimate of drug-likeness (QED) is 0.828. The van der Waals surface area contributed by atoms with Gasteiger partial charge in [0.2, 0.25) is 0 Å².